The van der Waals surface area contributed by atoms with Crippen molar-refractivity contribution in [1.82, 2.24) is 4.90 Å². The van der Waals surface area contributed by atoms with Crippen LogP contribution in [0.1, 0.15) is 13.3 Å². The fourth-order valence-corrected chi connectivity index (χ4v) is 1.52. The monoisotopic (exact) mass is 168 g/mol. The number of carbonyl (C=O) groups is 2. The Morgan fingerprint density at radius 3 is 2.42 bits per heavy atom. The van der Waals surface area contributed by atoms with Crippen LogP contribution in [0.3, 0.4) is 0 Å². The highest BCUT2D eigenvalue weighted by Crippen LogP contribution is 2.25. The molecule has 0 aromatic carbocycles. The smallest absolute Gasteiger partial charge is 0.238 e. The van der Waals surface area contributed by atoms with Gasteiger partial charge in [0.25, 0.3) is 0 Å². The molecule has 1 saturated heterocycles. The van der Waals surface area contributed by atoms with Crippen molar-refractivity contribution in [2.24, 2.45) is 11.8 Å². The molecule has 0 aromatic rings. The summed E-state index contributed by atoms with van der Waals surface area (Å²) in [5, 5.41) is 7.02. The van der Waals surface area contributed by atoms with Crippen molar-refractivity contribution in [1.29, 1.82) is 5.41 Å². The van der Waals surface area contributed by atoms with Crippen LogP contribution < -0.4 is 0 Å². The highest BCUT2D eigenvalue weighted by atomic mass is 16.2. The number of amides is 2. The second kappa shape index (κ2) is 3.05. The number of hydrogen-bond acceptors (Lipinski definition) is 3. The third kappa shape index (κ3) is 1.03. The number of carbonyl (C=O) groups excluding carboxylic acids is 2. The van der Waals surface area contributed by atoms with Crippen molar-refractivity contribution in [3.05, 3.63) is 0 Å². The first-order valence-corrected chi connectivity index (χ1v) is 3.95. The summed E-state index contributed by atoms with van der Waals surface area (Å²) in [7, 11) is 1.47. The van der Waals surface area contributed by atoms with E-state index in [1.54, 1.807) is 0 Å². The minimum atomic E-state index is -0.521. The van der Waals surface area contributed by atoms with Crippen molar-refractivity contribution >= 4 is 18.0 Å². The lowest BCUT2D eigenvalue weighted by Crippen LogP contribution is -2.26. The second-order valence-corrected chi connectivity index (χ2v) is 2.94. The lowest BCUT2D eigenvalue weighted by molar-refractivity contribution is -0.137. The number of likely N-dealkylation sites (tertiary alicyclic amines) is 1. The molecule has 0 radical (unpaired) electrons. The molecule has 1 fully saturated rings. The van der Waals surface area contributed by atoms with E-state index in [2.05, 4.69) is 0 Å². The van der Waals surface area contributed by atoms with E-state index in [0.29, 0.717) is 6.42 Å². The Kier molecular flexibility index (Phi) is 2.26. The van der Waals surface area contributed by atoms with Crippen LogP contribution in [0.25, 0.3) is 0 Å². The lowest BCUT2D eigenvalue weighted by atomic mass is 9.94. The van der Waals surface area contributed by atoms with Crippen LogP contribution in [-0.4, -0.2) is 30.0 Å². The molecule has 0 spiro atoms. The van der Waals surface area contributed by atoms with Gasteiger partial charge < -0.3 is 5.41 Å². The van der Waals surface area contributed by atoms with Gasteiger partial charge in [-0.3, -0.25) is 14.5 Å². The lowest BCUT2D eigenvalue weighted by Gasteiger charge is -2.05. The van der Waals surface area contributed by atoms with Gasteiger partial charge in [0.1, 0.15) is 0 Å². The molecule has 0 aliphatic carbocycles. The molecule has 2 unspecified atom stereocenters. The number of nitrogens with zero attached hydrogens (tertiary/aromatic N) is 1. The number of imide groups is 1. The summed E-state index contributed by atoms with van der Waals surface area (Å²) in [5.41, 5.74) is 0. The van der Waals surface area contributed by atoms with Crippen molar-refractivity contribution < 1.29 is 9.59 Å². The Balaban J connectivity index is 2.94. The topological polar surface area (TPSA) is 61.2 Å². The average Bonchev–Trinajstić information content (AvgIpc) is 2.29. The summed E-state index contributed by atoms with van der Waals surface area (Å²) in [6.07, 6.45) is 1.69. The highest BCUT2D eigenvalue weighted by Gasteiger charge is 2.43. The molecule has 4 nitrogen and oxygen atoms in total. The van der Waals surface area contributed by atoms with Gasteiger partial charge in [0, 0.05) is 13.3 Å². The van der Waals surface area contributed by atoms with Crippen LogP contribution in [0.5, 0.6) is 0 Å². The summed E-state index contributed by atoms with van der Waals surface area (Å²) in [4.78, 5) is 23.7. The molecule has 0 aromatic heterocycles. The fraction of sp³-hybridized carbons (Fsp3) is 0.625. The second-order valence-electron chi connectivity index (χ2n) is 2.94. The quantitative estimate of drug-likeness (QED) is 0.475. The molecule has 4 heteroatoms. The number of nitrogens with one attached hydrogen (secondary N) is 1. The van der Waals surface area contributed by atoms with E-state index in [0.717, 1.165) is 11.1 Å². The van der Waals surface area contributed by atoms with Gasteiger partial charge in [0.05, 0.1) is 11.8 Å². The minimum Gasteiger partial charge on any atom is -0.312 e. The molecule has 1 heterocycles. The maximum Gasteiger partial charge on any atom is 0.238 e. The van der Waals surface area contributed by atoms with E-state index in [1.165, 1.54) is 7.05 Å². The predicted octanol–water partition coefficient (Wildman–Crippen LogP) is 0.277. The van der Waals surface area contributed by atoms with Crippen molar-refractivity contribution in [3.63, 3.8) is 0 Å². The van der Waals surface area contributed by atoms with Gasteiger partial charge in [0.2, 0.25) is 11.8 Å². The van der Waals surface area contributed by atoms with Gasteiger partial charge in [-0.2, -0.15) is 0 Å². The Morgan fingerprint density at radius 1 is 1.50 bits per heavy atom. The molecule has 66 valence electrons. The number of rotatable bonds is 2. The van der Waals surface area contributed by atoms with Crippen LogP contribution >= 0.6 is 0 Å². The molecule has 12 heavy (non-hydrogen) atoms. The van der Waals surface area contributed by atoms with E-state index in [1.807, 2.05) is 6.92 Å². The molecular weight excluding hydrogens is 156 g/mol. The summed E-state index contributed by atoms with van der Waals surface area (Å²) >= 11 is 0. The third-order valence-corrected chi connectivity index (χ3v) is 2.32. The van der Waals surface area contributed by atoms with Gasteiger partial charge in [-0.15, -0.1) is 0 Å². The highest BCUT2D eigenvalue weighted by molar-refractivity contribution is 6.11. The van der Waals surface area contributed by atoms with Crippen molar-refractivity contribution in [2.75, 3.05) is 7.05 Å². The Bertz CT molecular complexity index is 237. The maximum atomic E-state index is 11.3. The SMILES string of the molecule is CCC1C(=O)N(C)C(=O)C1C=N. The Labute approximate surface area is 71.1 Å². The summed E-state index contributed by atoms with van der Waals surface area (Å²) in [5.74, 6) is -1.23. The van der Waals surface area contributed by atoms with E-state index < -0.39 is 5.92 Å². The molecule has 0 bridgehead atoms. The first-order chi connectivity index (χ1) is 5.63. The molecule has 1 aliphatic rings. The van der Waals surface area contributed by atoms with Crippen molar-refractivity contribution in [2.45, 2.75) is 13.3 Å². The van der Waals surface area contributed by atoms with Crippen LogP contribution in [0.15, 0.2) is 0 Å². The van der Waals surface area contributed by atoms with Crippen LogP contribution in [0, 0.1) is 17.2 Å². The van der Waals surface area contributed by atoms with Gasteiger partial charge in [-0.25, -0.2) is 0 Å². The standard InChI is InChI=1S/C8H12N2O2/c1-3-5-6(4-9)8(12)10(2)7(5)11/h4-6,9H,3H2,1-2H3. The predicted molar refractivity (Wildman–Crippen MR) is 43.8 cm³/mol. The van der Waals surface area contributed by atoms with Gasteiger partial charge in [0.15, 0.2) is 0 Å². The van der Waals surface area contributed by atoms with Gasteiger partial charge in [-0.1, -0.05) is 6.92 Å². The van der Waals surface area contributed by atoms with E-state index in [4.69, 9.17) is 5.41 Å². The summed E-state index contributed by atoms with van der Waals surface area (Å²) < 4.78 is 0. The van der Waals surface area contributed by atoms with Crippen LogP contribution in [-0.2, 0) is 9.59 Å². The third-order valence-electron chi connectivity index (χ3n) is 2.32. The first-order valence-electron chi connectivity index (χ1n) is 3.95. The first kappa shape index (κ1) is 8.90. The van der Waals surface area contributed by atoms with E-state index in [-0.39, 0.29) is 17.7 Å². The summed E-state index contributed by atoms with van der Waals surface area (Å²) in [6, 6.07) is 0. The van der Waals surface area contributed by atoms with E-state index >= 15 is 0 Å². The molecule has 2 amide bonds. The molecule has 1 rings (SSSR count). The fourth-order valence-electron chi connectivity index (χ4n) is 1.52. The summed E-state index contributed by atoms with van der Waals surface area (Å²) in [6.45, 7) is 1.85. The van der Waals surface area contributed by atoms with Crippen molar-refractivity contribution in [3.8, 4) is 0 Å². The molecule has 1 N–H and O–H groups in total. The molecule has 2 atom stereocenters. The zero-order valence-electron chi connectivity index (χ0n) is 7.20. The zero-order valence-corrected chi connectivity index (χ0v) is 7.20. The van der Waals surface area contributed by atoms with Gasteiger partial charge in [-0.05, 0) is 6.42 Å². The molecule has 1 aliphatic heterocycles. The zero-order chi connectivity index (χ0) is 9.30. The molecular formula is C8H12N2O2. The number of hydrogen-bond donors (Lipinski definition) is 1. The normalized spacial score (nSPS) is 29.7. The Hall–Kier alpha value is -1.19. The van der Waals surface area contributed by atoms with Gasteiger partial charge >= 0.3 is 0 Å². The minimum absolute atomic E-state index is 0.156. The van der Waals surface area contributed by atoms with E-state index in [9.17, 15) is 9.59 Å². The maximum absolute atomic E-state index is 11.3. The molecule has 0 saturated carbocycles. The largest absolute Gasteiger partial charge is 0.312 e. The van der Waals surface area contributed by atoms with Crippen LogP contribution in [0.2, 0.25) is 0 Å². The van der Waals surface area contributed by atoms with Crippen LogP contribution in [0.4, 0.5) is 0 Å². The Morgan fingerprint density at radius 2 is 2.08 bits per heavy atom. The average molecular weight is 168 g/mol.